The lowest BCUT2D eigenvalue weighted by Crippen LogP contribution is -2.39. The average Bonchev–Trinajstić information content (AvgIpc) is 2.40. The zero-order valence-electron chi connectivity index (χ0n) is 11.8. The van der Waals surface area contributed by atoms with E-state index in [4.69, 9.17) is 16.2 Å². The molecule has 0 bridgehead atoms. The largest absolute Gasteiger partial charge is 0.448 e. The minimum absolute atomic E-state index is 0.297. The van der Waals surface area contributed by atoms with Gasteiger partial charge in [0.05, 0.1) is 0 Å². The molecule has 0 aromatic carbocycles. The van der Waals surface area contributed by atoms with Gasteiger partial charge in [-0.15, -0.1) is 0 Å². The summed E-state index contributed by atoms with van der Waals surface area (Å²) >= 11 is 0. The quantitative estimate of drug-likeness (QED) is 0.589. The first-order valence-corrected chi connectivity index (χ1v) is 7.32. The molecule has 0 unspecified atom stereocenters. The van der Waals surface area contributed by atoms with Crippen LogP contribution in [0, 0.1) is 0 Å². The van der Waals surface area contributed by atoms with Gasteiger partial charge in [-0.05, 0) is 12.8 Å². The molecule has 0 spiro atoms. The van der Waals surface area contributed by atoms with E-state index in [0.717, 1.165) is 25.9 Å². The van der Waals surface area contributed by atoms with Crippen LogP contribution in [0.15, 0.2) is 0 Å². The van der Waals surface area contributed by atoms with Crippen molar-refractivity contribution in [3.63, 3.8) is 0 Å². The summed E-state index contributed by atoms with van der Waals surface area (Å²) in [6.45, 7) is 3.82. The molecule has 1 aliphatic rings. The Morgan fingerprint density at radius 1 is 1.11 bits per heavy atom. The van der Waals surface area contributed by atoms with Crippen molar-refractivity contribution in [2.75, 3.05) is 39.3 Å². The number of hydrogen-bond acceptors (Lipinski definition) is 5. The number of nitrogens with two attached hydrogens (primary N) is 2. The Labute approximate surface area is 115 Å². The van der Waals surface area contributed by atoms with Crippen LogP contribution in [0.2, 0.25) is 0 Å². The Morgan fingerprint density at radius 2 is 1.74 bits per heavy atom. The summed E-state index contributed by atoms with van der Waals surface area (Å²) in [6.07, 6.45) is 5.52. The Balaban J connectivity index is 2.10. The van der Waals surface area contributed by atoms with Gasteiger partial charge in [0.2, 0.25) is 0 Å². The van der Waals surface area contributed by atoms with E-state index >= 15 is 0 Å². The SMILES string of the molecule is NCCN(CCN)CCOC(=O)NC1CCCCC1. The van der Waals surface area contributed by atoms with E-state index in [-0.39, 0.29) is 6.09 Å². The van der Waals surface area contributed by atoms with Gasteiger partial charge in [-0.1, -0.05) is 19.3 Å². The molecule has 112 valence electrons. The molecule has 1 rings (SSSR count). The van der Waals surface area contributed by atoms with Gasteiger partial charge in [0, 0.05) is 38.8 Å². The number of amides is 1. The lowest BCUT2D eigenvalue weighted by atomic mass is 9.96. The van der Waals surface area contributed by atoms with E-state index in [1.54, 1.807) is 0 Å². The summed E-state index contributed by atoms with van der Waals surface area (Å²) < 4.78 is 5.19. The van der Waals surface area contributed by atoms with Gasteiger partial charge in [-0.3, -0.25) is 4.90 Å². The molecule has 0 aliphatic heterocycles. The second kappa shape index (κ2) is 10.00. The number of carbonyl (C=O) groups excluding carboxylic acids is 1. The van der Waals surface area contributed by atoms with Crippen molar-refractivity contribution >= 4 is 6.09 Å². The second-order valence-corrected chi connectivity index (χ2v) is 5.03. The zero-order chi connectivity index (χ0) is 13.9. The van der Waals surface area contributed by atoms with Crippen LogP contribution in [0.4, 0.5) is 4.79 Å². The molecule has 0 radical (unpaired) electrons. The minimum Gasteiger partial charge on any atom is -0.448 e. The van der Waals surface area contributed by atoms with E-state index in [2.05, 4.69) is 10.2 Å². The van der Waals surface area contributed by atoms with Gasteiger partial charge in [0.25, 0.3) is 0 Å². The highest BCUT2D eigenvalue weighted by Crippen LogP contribution is 2.17. The van der Waals surface area contributed by atoms with Crippen LogP contribution in [0.5, 0.6) is 0 Å². The molecule has 1 amide bonds. The van der Waals surface area contributed by atoms with E-state index < -0.39 is 0 Å². The molecule has 6 nitrogen and oxygen atoms in total. The van der Waals surface area contributed by atoms with E-state index in [1.165, 1.54) is 19.3 Å². The van der Waals surface area contributed by atoms with Gasteiger partial charge in [-0.2, -0.15) is 0 Å². The molecular formula is C13H28N4O2. The second-order valence-electron chi connectivity index (χ2n) is 5.03. The molecule has 0 heterocycles. The Bertz CT molecular complexity index is 239. The summed E-state index contributed by atoms with van der Waals surface area (Å²) in [5.74, 6) is 0. The third-order valence-electron chi connectivity index (χ3n) is 3.46. The third kappa shape index (κ3) is 7.34. The maximum atomic E-state index is 11.6. The van der Waals surface area contributed by atoms with Crippen molar-refractivity contribution < 1.29 is 9.53 Å². The fourth-order valence-corrected chi connectivity index (χ4v) is 2.42. The molecule has 6 heteroatoms. The van der Waals surface area contributed by atoms with Gasteiger partial charge in [-0.25, -0.2) is 4.79 Å². The zero-order valence-corrected chi connectivity index (χ0v) is 11.8. The highest BCUT2D eigenvalue weighted by molar-refractivity contribution is 5.67. The van der Waals surface area contributed by atoms with Crippen LogP contribution in [-0.4, -0.2) is 56.4 Å². The number of carbonyl (C=O) groups is 1. The first kappa shape index (κ1) is 16.2. The molecule has 19 heavy (non-hydrogen) atoms. The smallest absolute Gasteiger partial charge is 0.407 e. The number of hydrogen-bond donors (Lipinski definition) is 3. The predicted octanol–water partition coefficient (Wildman–Crippen LogP) is 0.265. The van der Waals surface area contributed by atoms with Gasteiger partial charge in [0.1, 0.15) is 6.61 Å². The molecule has 5 N–H and O–H groups in total. The maximum Gasteiger partial charge on any atom is 0.407 e. The molecule has 0 atom stereocenters. The summed E-state index contributed by atoms with van der Waals surface area (Å²) in [5, 5.41) is 2.93. The fraction of sp³-hybridized carbons (Fsp3) is 0.923. The van der Waals surface area contributed by atoms with E-state index in [0.29, 0.717) is 32.3 Å². The highest BCUT2D eigenvalue weighted by atomic mass is 16.5. The third-order valence-corrected chi connectivity index (χ3v) is 3.46. The van der Waals surface area contributed by atoms with Crippen LogP contribution in [0.1, 0.15) is 32.1 Å². The first-order valence-electron chi connectivity index (χ1n) is 7.32. The summed E-state index contributed by atoms with van der Waals surface area (Å²) in [5.41, 5.74) is 11.0. The van der Waals surface area contributed by atoms with Crippen LogP contribution in [0.3, 0.4) is 0 Å². The van der Waals surface area contributed by atoms with Gasteiger partial charge < -0.3 is 21.5 Å². The van der Waals surface area contributed by atoms with Crippen LogP contribution in [-0.2, 0) is 4.74 Å². The van der Waals surface area contributed by atoms with Crippen molar-refractivity contribution in [3.05, 3.63) is 0 Å². The number of alkyl carbamates (subject to hydrolysis) is 1. The van der Waals surface area contributed by atoms with Crippen molar-refractivity contribution in [2.24, 2.45) is 11.5 Å². The summed E-state index contributed by atoms with van der Waals surface area (Å²) in [6, 6.07) is 0.297. The van der Waals surface area contributed by atoms with Gasteiger partial charge >= 0.3 is 6.09 Å². The summed E-state index contributed by atoms with van der Waals surface area (Å²) in [4.78, 5) is 13.7. The topological polar surface area (TPSA) is 93.6 Å². The Hall–Kier alpha value is -0.850. The van der Waals surface area contributed by atoms with Crippen molar-refractivity contribution in [3.8, 4) is 0 Å². The Kier molecular flexibility index (Phi) is 8.53. The normalized spacial score (nSPS) is 16.6. The lowest BCUT2D eigenvalue weighted by Gasteiger charge is -2.23. The number of ether oxygens (including phenoxy) is 1. The van der Waals surface area contributed by atoms with E-state index in [1.807, 2.05) is 0 Å². The predicted molar refractivity (Wildman–Crippen MR) is 75.9 cm³/mol. The van der Waals surface area contributed by atoms with E-state index in [9.17, 15) is 4.79 Å². The molecule has 0 aromatic rings. The van der Waals surface area contributed by atoms with Crippen LogP contribution >= 0.6 is 0 Å². The van der Waals surface area contributed by atoms with Crippen molar-refractivity contribution in [2.45, 2.75) is 38.1 Å². The fourth-order valence-electron chi connectivity index (χ4n) is 2.42. The van der Waals surface area contributed by atoms with Crippen LogP contribution < -0.4 is 16.8 Å². The monoisotopic (exact) mass is 272 g/mol. The molecule has 1 aliphatic carbocycles. The maximum absolute atomic E-state index is 11.6. The number of nitrogens with zero attached hydrogens (tertiary/aromatic N) is 1. The standard InChI is InChI=1S/C13H28N4O2/c14-6-8-17(9-7-15)10-11-19-13(18)16-12-4-2-1-3-5-12/h12H,1-11,14-15H2,(H,16,18). The van der Waals surface area contributed by atoms with Gasteiger partial charge in [0.15, 0.2) is 0 Å². The number of rotatable bonds is 8. The number of nitrogens with one attached hydrogen (secondary N) is 1. The first-order chi connectivity index (χ1) is 9.26. The van der Waals surface area contributed by atoms with Crippen molar-refractivity contribution in [1.82, 2.24) is 10.2 Å². The lowest BCUT2D eigenvalue weighted by molar-refractivity contribution is 0.123. The average molecular weight is 272 g/mol. The van der Waals surface area contributed by atoms with Crippen LogP contribution in [0.25, 0.3) is 0 Å². The summed E-state index contributed by atoms with van der Waals surface area (Å²) in [7, 11) is 0. The highest BCUT2D eigenvalue weighted by Gasteiger charge is 2.16. The molecular weight excluding hydrogens is 244 g/mol. The molecule has 0 saturated heterocycles. The molecule has 1 saturated carbocycles. The minimum atomic E-state index is -0.299. The molecule has 0 aromatic heterocycles. The van der Waals surface area contributed by atoms with Crippen molar-refractivity contribution in [1.29, 1.82) is 0 Å². The Morgan fingerprint density at radius 3 is 2.32 bits per heavy atom. The molecule has 1 fully saturated rings.